The summed E-state index contributed by atoms with van der Waals surface area (Å²) in [5.74, 6) is 0. The van der Waals surface area contributed by atoms with Crippen molar-refractivity contribution in [3.8, 4) is 6.07 Å². The second-order valence-corrected chi connectivity index (χ2v) is 5.60. The molecule has 0 radical (unpaired) electrons. The van der Waals surface area contributed by atoms with Crippen molar-refractivity contribution in [1.82, 2.24) is 4.98 Å². The van der Waals surface area contributed by atoms with Crippen molar-refractivity contribution >= 4 is 17.0 Å². The first-order valence-electron chi connectivity index (χ1n) is 6.06. The van der Waals surface area contributed by atoms with Crippen LogP contribution < -0.4 is 5.32 Å². The van der Waals surface area contributed by atoms with Gasteiger partial charge in [-0.3, -0.25) is 0 Å². The van der Waals surface area contributed by atoms with Gasteiger partial charge in [-0.25, -0.2) is 4.98 Å². The van der Waals surface area contributed by atoms with Crippen LogP contribution in [0.25, 0.3) is 0 Å². The monoisotopic (exact) mass is 255 g/mol. The number of thiophene rings is 1. The van der Waals surface area contributed by atoms with Crippen molar-refractivity contribution in [3.63, 3.8) is 0 Å². The Morgan fingerprint density at radius 1 is 1.44 bits per heavy atom. The second-order valence-electron chi connectivity index (χ2n) is 4.38. The number of hydrogen-bond acceptors (Lipinski definition) is 4. The Morgan fingerprint density at radius 3 is 3.22 bits per heavy atom. The van der Waals surface area contributed by atoms with Gasteiger partial charge < -0.3 is 5.32 Å². The highest BCUT2D eigenvalue weighted by molar-refractivity contribution is 7.12. The molecule has 18 heavy (non-hydrogen) atoms. The number of aryl methyl sites for hydroxylation is 2. The smallest absolute Gasteiger partial charge is 0.163 e. The van der Waals surface area contributed by atoms with Gasteiger partial charge in [0, 0.05) is 22.5 Å². The summed E-state index contributed by atoms with van der Waals surface area (Å²) in [6.45, 7) is 0.776. The minimum absolute atomic E-state index is 0.460. The minimum atomic E-state index is 0.460. The molecule has 4 heteroatoms. The minimum Gasteiger partial charge on any atom is -0.378 e. The fraction of sp³-hybridized carbons (Fsp3) is 0.286. The molecule has 3 rings (SSSR count). The van der Waals surface area contributed by atoms with Crippen LogP contribution in [0.15, 0.2) is 24.4 Å². The maximum atomic E-state index is 8.96. The van der Waals surface area contributed by atoms with Crippen molar-refractivity contribution < 1.29 is 0 Å². The van der Waals surface area contributed by atoms with E-state index in [2.05, 4.69) is 22.4 Å². The highest BCUT2D eigenvalue weighted by Gasteiger charge is 2.14. The third kappa shape index (κ3) is 2.09. The zero-order chi connectivity index (χ0) is 12.4. The summed E-state index contributed by atoms with van der Waals surface area (Å²) in [7, 11) is 0. The van der Waals surface area contributed by atoms with Gasteiger partial charge in [0.15, 0.2) is 5.69 Å². The fourth-order valence-corrected chi connectivity index (χ4v) is 3.50. The van der Waals surface area contributed by atoms with Gasteiger partial charge in [-0.1, -0.05) is 0 Å². The van der Waals surface area contributed by atoms with Crippen molar-refractivity contribution in [1.29, 1.82) is 5.26 Å². The molecule has 2 aromatic heterocycles. The molecule has 0 fully saturated rings. The summed E-state index contributed by atoms with van der Waals surface area (Å²) in [6.07, 6.45) is 5.40. The van der Waals surface area contributed by atoms with E-state index < -0.39 is 0 Å². The molecule has 0 unspecified atom stereocenters. The van der Waals surface area contributed by atoms with Gasteiger partial charge in [0.1, 0.15) is 6.07 Å². The van der Waals surface area contributed by atoms with Crippen LogP contribution in [0, 0.1) is 11.3 Å². The number of aromatic nitrogens is 1. The van der Waals surface area contributed by atoms with Crippen molar-refractivity contribution in [3.05, 3.63) is 45.4 Å². The Balaban J connectivity index is 1.72. The molecule has 2 heterocycles. The van der Waals surface area contributed by atoms with Gasteiger partial charge in [0.05, 0.1) is 5.69 Å². The number of anilines is 1. The first-order chi connectivity index (χ1) is 8.86. The third-order valence-electron chi connectivity index (χ3n) is 3.16. The second kappa shape index (κ2) is 4.79. The summed E-state index contributed by atoms with van der Waals surface area (Å²) in [4.78, 5) is 6.92. The molecule has 2 aromatic rings. The fourth-order valence-electron chi connectivity index (χ4n) is 2.30. The van der Waals surface area contributed by atoms with Crippen LogP contribution in [0.2, 0.25) is 0 Å². The molecule has 90 valence electrons. The lowest BCUT2D eigenvalue weighted by molar-refractivity contribution is 0.913. The van der Waals surface area contributed by atoms with Crippen LogP contribution in [-0.4, -0.2) is 4.98 Å². The average Bonchev–Trinajstić information content (AvgIpc) is 2.97. The van der Waals surface area contributed by atoms with Crippen LogP contribution in [-0.2, 0) is 19.4 Å². The van der Waals surface area contributed by atoms with Gasteiger partial charge in [0.25, 0.3) is 0 Å². The number of nitriles is 1. The summed E-state index contributed by atoms with van der Waals surface area (Å²) < 4.78 is 0. The van der Waals surface area contributed by atoms with E-state index in [0.717, 1.165) is 12.2 Å². The predicted octanol–water partition coefficient (Wildman–Crippen LogP) is 3.12. The number of hydrogen-bond donors (Lipinski definition) is 1. The van der Waals surface area contributed by atoms with E-state index in [1.54, 1.807) is 11.1 Å². The highest BCUT2D eigenvalue weighted by atomic mass is 32.1. The summed E-state index contributed by atoms with van der Waals surface area (Å²) >= 11 is 1.89. The number of nitrogens with one attached hydrogen (secondary N) is 1. The normalized spacial score (nSPS) is 13.1. The SMILES string of the molecule is N#Cc1ncccc1NCc1cc2c(s1)CCC2. The van der Waals surface area contributed by atoms with Crippen LogP contribution in [0.4, 0.5) is 5.69 Å². The van der Waals surface area contributed by atoms with Crippen molar-refractivity contribution in [2.24, 2.45) is 0 Å². The Morgan fingerprint density at radius 2 is 2.39 bits per heavy atom. The van der Waals surface area contributed by atoms with E-state index in [1.165, 1.54) is 29.7 Å². The molecular formula is C14H13N3S. The highest BCUT2D eigenvalue weighted by Crippen LogP contribution is 2.31. The molecule has 1 N–H and O–H groups in total. The first-order valence-corrected chi connectivity index (χ1v) is 6.88. The maximum Gasteiger partial charge on any atom is 0.163 e. The molecule has 0 saturated carbocycles. The standard InChI is InChI=1S/C14H13N3S/c15-8-13-12(4-2-6-16-13)17-9-11-7-10-3-1-5-14(10)18-11/h2,4,6-7,17H,1,3,5,9H2. The van der Waals surface area contributed by atoms with Gasteiger partial charge in [-0.2, -0.15) is 5.26 Å². The van der Waals surface area contributed by atoms with E-state index in [1.807, 2.05) is 23.5 Å². The first kappa shape index (κ1) is 11.2. The Kier molecular flexibility index (Phi) is 2.99. The van der Waals surface area contributed by atoms with E-state index in [-0.39, 0.29) is 0 Å². The summed E-state index contributed by atoms with van der Waals surface area (Å²) in [5.41, 5.74) is 2.79. The van der Waals surface area contributed by atoms with Crippen LogP contribution in [0.1, 0.15) is 27.4 Å². The molecule has 0 aliphatic heterocycles. The molecule has 0 bridgehead atoms. The van der Waals surface area contributed by atoms with E-state index in [0.29, 0.717) is 5.69 Å². The van der Waals surface area contributed by atoms with Gasteiger partial charge in [-0.05, 0) is 43.0 Å². The molecule has 0 amide bonds. The summed E-state index contributed by atoms with van der Waals surface area (Å²) in [6, 6.07) is 8.14. The number of pyridine rings is 1. The zero-order valence-corrected chi connectivity index (χ0v) is 10.8. The van der Waals surface area contributed by atoms with Gasteiger partial charge in [-0.15, -0.1) is 11.3 Å². The lowest BCUT2D eigenvalue weighted by Gasteiger charge is -2.05. The molecule has 0 saturated heterocycles. The molecule has 1 aliphatic rings. The topological polar surface area (TPSA) is 48.7 Å². The molecule has 3 nitrogen and oxygen atoms in total. The van der Waals surface area contributed by atoms with Gasteiger partial charge >= 0.3 is 0 Å². The molecule has 1 aliphatic carbocycles. The Labute approximate surface area is 110 Å². The number of nitrogens with zero attached hydrogens (tertiary/aromatic N) is 2. The summed E-state index contributed by atoms with van der Waals surface area (Å²) in [5, 5.41) is 12.3. The third-order valence-corrected chi connectivity index (χ3v) is 4.40. The molecule has 0 aromatic carbocycles. The molecule has 0 atom stereocenters. The van der Waals surface area contributed by atoms with E-state index in [4.69, 9.17) is 5.26 Å². The van der Waals surface area contributed by atoms with E-state index in [9.17, 15) is 0 Å². The van der Waals surface area contributed by atoms with Crippen LogP contribution in [0.3, 0.4) is 0 Å². The van der Waals surface area contributed by atoms with Crippen molar-refractivity contribution in [2.75, 3.05) is 5.32 Å². The Hall–Kier alpha value is -1.86. The lowest BCUT2D eigenvalue weighted by Crippen LogP contribution is -2.00. The Bertz CT molecular complexity index is 588. The zero-order valence-electron chi connectivity index (χ0n) is 9.94. The number of fused-ring (bicyclic) bond motifs is 1. The largest absolute Gasteiger partial charge is 0.378 e. The van der Waals surface area contributed by atoms with Crippen molar-refractivity contribution in [2.45, 2.75) is 25.8 Å². The van der Waals surface area contributed by atoms with Gasteiger partial charge in [0.2, 0.25) is 0 Å². The quantitative estimate of drug-likeness (QED) is 0.916. The molecular weight excluding hydrogens is 242 g/mol. The van der Waals surface area contributed by atoms with Crippen LogP contribution in [0.5, 0.6) is 0 Å². The van der Waals surface area contributed by atoms with Crippen LogP contribution >= 0.6 is 11.3 Å². The number of rotatable bonds is 3. The molecule has 0 spiro atoms. The average molecular weight is 255 g/mol. The van der Waals surface area contributed by atoms with E-state index >= 15 is 0 Å². The maximum absolute atomic E-state index is 8.96. The predicted molar refractivity (Wildman–Crippen MR) is 72.6 cm³/mol. The lowest BCUT2D eigenvalue weighted by atomic mass is 10.2.